The Morgan fingerprint density at radius 1 is 1.00 bits per heavy atom. The molecular weight excluding hydrogens is 379 g/mol. The highest BCUT2D eigenvalue weighted by Gasteiger charge is 2.19. The number of hydrogen-bond donors (Lipinski definition) is 2. The number of carbonyl (C=O) groups excluding carboxylic acids is 1. The van der Waals surface area contributed by atoms with Gasteiger partial charge >= 0.3 is 0 Å². The Kier molecular flexibility index (Phi) is 6.02. The first-order valence-electron chi connectivity index (χ1n) is 9.92. The van der Waals surface area contributed by atoms with Gasteiger partial charge in [-0.25, -0.2) is 9.87 Å². The smallest absolute Gasteiger partial charge is 0.274 e. The summed E-state index contributed by atoms with van der Waals surface area (Å²) in [4.78, 5) is 14.1. The van der Waals surface area contributed by atoms with E-state index in [0.717, 1.165) is 35.2 Å². The van der Waals surface area contributed by atoms with Crippen molar-refractivity contribution >= 4 is 17.6 Å². The average molecular weight is 402 g/mol. The number of halogens is 1. The Morgan fingerprint density at radius 2 is 1.73 bits per heavy atom. The molecule has 1 heterocycles. The molecule has 0 bridgehead atoms. The normalized spacial score (nSPS) is 14.3. The van der Waals surface area contributed by atoms with E-state index in [-0.39, 0.29) is 5.82 Å². The Bertz CT molecular complexity index is 1060. The first kappa shape index (κ1) is 20.0. The molecule has 3 aromatic carbocycles. The lowest BCUT2D eigenvalue weighted by atomic mass is 9.95. The Morgan fingerprint density at radius 3 is 2.47 bits per heavy atom. The lowest BCUT2D eigenvalue weighted by Crippen LogP contribution is -2.32. The van der Waals surface area contributed by atoms with Gasteiger partial charge in [0.1, 0.15) is 5.82 Å². The second-order valence-electron chi connectivity index (χ2n) is 7.47. The molecule has 0 aliphatic carbocycles. The highest BCUT2D eigenvalue weighted by molar-refractivity contribution is 5.93. The summed E-state index contributed by atoms with van der Waals surface area (Å²) in [6.07, 6.45) is 3.02. The predicted molar refractivity (Wildman–Crippen MR) is 115 cm³/mol. The van der Waals surface area contributed by atoms with E-state index in [1.54, 1.807) is 11.5 Å². The van der Waals surface area contributed by atoms with Crippen LogP contribution in [0.1, 0.15) is 32.6 Å². The molecule has 0 aromatic heterocycles. The third-order valence-electron chi connectivity index (χ3n) is 5.41. The molecule has 0 saturated heterocycles. The molecule has 152 valence electrons. The van der Waals surface area contributed by atoms with Gasteiger partial charge < -0.3 is 0 Å². The highest BCUT2D eigenvalue weighted by Crippen LogP contribution is 2.25. The van der Waals surface area contributed by atoms with Crippen LogP contribution in [0.3, 0.4) is 0 Å². The monoisotopic (exact) mass is 402 g/mol. The second kappa shape index (κ2) is 9.03. The molecule has 0 radical (unpaired) electrons. The minimum Gasteiger partial charge on any atom is -0.294 e. The number of nitrogens with one attached hydrogen (secondary N) is 1. The first-order chi connectivity index (χ1) is 14.6. The summed E-state index contributed by atoms with van der Waals surface area (Å²) in [6.45, 7) is 2.30. The van der Waals surface area contributed by atoms with Crippen molar-refractivity contribution in [2.45, 2.75) is 13.0 Å². The number of hydroxylamine groups is 1. The molecule has 0 unspecified atom stereocenters. The van der Waals surface area contributed by atoms with Gasteiger partial charge in [-0.3, -0.25) is 14.9 Å². The van der Waals surface area contributed by atoms with Gasteiger partial charge in [-0.1, -0.05) is 48.5 Å². The minimum absolute atomic E-state index is 0.251. The van der Waals surface area contributed by atoms with Crippen LogP contribution in [0.4, 0.5) is 4.39 Å². The van der Waals surface area contributed by atoms with Gasteiger partial charge in [-0.15, -0.1) is 0 Å². The zero-order chi connectivity index (χ0) is 20.9. The van der Waals surface area contributed by atoms with Crippen LogP contribution >= 0.6 is 0 Å². The molecule has 3 aromatic rings. The molecule has 0 fully saturated rings. The molecule has 1 amide bonds. The molecule has 0 saturated carbocycles. The van der Waals surface area contributed by atoms with Crippen molar-refractivity contribution in [3.05, 3.63) is 106 Å². The largest absolute Gasteiger partial charge is 0.294 e. The number of benzene rings is 3. The number of rotatable bonds is 5. The predicted octanol–water partition coefficient (Wildman–Crippen LogP) is 4.54. The average Bonchev–Trinajstić information content (AvgIpc) is 2.79. The quantitative estimate of drug-likeness (QED) is 0.374. The SMILES string of the molecule is O=C(NO)c1ccc2c(c1)CN(C/C(=C/c1ccccc1)c1ccc(F)cc1)CC2. The van der Waals surface area contributed by atoms with Crippen LogP contribution in [-0.4, -0.2) is 29.1 Å². The van der Waals surface area contributed by atoms with Crippen molar-refractivity contribution in [2.24, 2.45) is 0 Å². The van der Waals surface area contributed by atoms with Gasteiger partial charge in [0.15, 0.2) is 0 Å². The van der Waals surface area contributed by atoms with E-state index in [4.69, 9.17) is 5.21 Å². The van der Waals surface area contributed by atoms with Crippen LogP contribution in [0, 0.1) is 5.82 Å². The Labute approximate surface area is 175 Å². The molecule has 4 nitrogen and oxygen atoms in total. The number of hydrogen-bond acceptors (Lipinski definition) is 3. The van der Waals surface area contributed by atoms with Gasteiger partial charge in [0.25, 0.3) is 5.91 Å². The molecule has 2 N–H and O–H groups in total. The van der Waals surface area contributed by atoms with E-state index >= 15 is 0 Å². The third kappa shape index (κ3) is 4.64. The van der Waals surface area contributed by atoms with Crippen LogP contribution in [0.5, 0.6) is 0 Å². The minimum atomic E-state index is -0.508. The van der Waals surface area contributed by atoms with Crippen molar-refractivity contribution in [1.29, 1.82) is 0 Å². The molecule has 0 atom stereocenters. The number of carbonyl (C=O) groups is 1. The zero-order valence-electron chi connectivity index (χ0n) is 16.5. The van der Waals surface area contributed by atoms with Crippen molar-refractivity contribution in [3.63, 3.8) is 0 Å². The summed E-state index contributed by atoms with van der Waals surface area (Å²) in [7, 11) is 0. The van der Waals surface area contributed by atoms with E-state index in [9.17, 15) is 9.18 Å². The van der Waals surface area contributed by atoms with Crippen molar-refractivity contribution < 1.29 is 14.4 Å². The highest BCUT2D eigenvalue weighted by atomic mass is 19.1. The van der Waals surface area contributed by atoms with E-state index in [1.807, 2.05) is 42.5 Å². The third-order valence-corrected chi connectivity index (χ3v) is 5.41. The van der Waals surface area contributed by atoms with Gasteiger partial charge in [0, 0.05) is 25.2 Å². The maximum absolute atomic E-state index is 13.5. The molecule has 1 aliphatic rings. The van der Waals surface area contributed by atoms with E-state index < -0.39 is 5.91 Å². The standard InChI is InChI=1S/C25H23FN2O2/c26-24-10-8-19(9-11-24)22(14-18-4-2-1-3-5-18)16-28-13-12-20-6-7-21(25(29)27-30)15-23(20)17-28/h1-11,14-15,30H,12-13,16-17H2,(H,27,29)/b22-14-. The fourth-order valence-corrected chi connectivity index (χ4v) is 3.83. The van der Waals surface area contributed by atoms with Crippen molar-refractivity contribution in [1.82, 2.24) is 10.4 Å². The van der Waals surface area contributed by atoms with E-state index in [2.05, 4.69) is 23.1 Å². The van der Waals surface area contributed by atoms with Crippen LogP contribution in [0.2, 0.25) is 0 Å². The molecule has 30 heavy (non-hydrogen) atoms. The fraction of sp³-hybridized carbons (Fsp3) is 0.160. The van der Waals surface area contributed by atoms with Crippen molar-refractivity contribution in [2.75, 3.05) is 13.1 Å². The maximum Gasteiger partial charge on any atom is 0.274 e. The fourth-order valence-electron chi connectivity index (χ4n) is 3.83. The van der Waals surface area contributed by atoms with Gasteiger partial charge in [-0.2, -0.15) is 0 Å². The van der Waals surface area contributed by atoms with E-state index in [0.29, 0.717) is 18.7 Å². The van der Waals surface area contributed by atoms with Crippen LogP contribution < -0.4 is 5.48 Å². The van der Waals surface area contributed by atoms with Crippen LogP contribution in [-0.2, 0) is 13.0 Å². The van der Waals surface area contributed by atoms with Crippen LogP contribution in [0.25, 0.3) is 11.6 Å². The van der Waals surface area contributed by atoms with Crippen LogP contribution in [0.15, 0.2) is 72.8 Å². The summed E-state index contributed by atoms with van der Waals surface area (Å²) in [5.41, 5.74) is 7.62. The molecule has 4 rings (SSSR count). The summed E-state index contributed by atoms with van der Waals surface area (Å²) in [5.74, 6) is -0.759. The molecular formula is C25H23FN2O2. The lowest BCUT2D eigenvalue weighted by molar-refractivity contribution is 0.0706. The zero-order valence-corrected chi connectivity index (χ0v) is 16.5. The van der Waals surface area contributed by atoms with Gasteiger partial charge in [0.05, 0.1) is 0 Å². The summed E-state index contributed by atoms with van der Waals surface area (Å²) in [6, 6.07) is 22.2. The number of fused-ring (bicyclic) bond motifs is 1. The first-order valence-corrected chi connectivity index (χ1v) is 9.92. The maximum atomic E-state index is 13.5. The topological polar surface area (TPSA) is 52.6 Å². The molecule has 5 heteroatoms. The number of amides is 1. The summed E-state index contributed by atoms with van der Waals surface area (Å²) in [5, 5.41) is 8.90. The number of nitrogens with zero attached hydrogens (tertiary/aromatic N) is 1. The summed E-state index contributed by atoms with van der Waals surface area (Å²) < 4.78 is 13.5. The Hall–Kier alpha value is -3.28. The van der Waals surface area contributed by atoms with E-state index in [1.165, 1.54) is 17.7 Å². The van der Waals surface area contributed by atoms with Crippen molar-refractivity contribution in [3.8, 4) is 0 Å². The molecule has 1 aliphatic heterocycles. The Balaban J connectivity index is 1.60. The lowest BCUT2D eigenvalue weighted by Gasteiger charge is -2.30. The van der Waals surface area contributed by atoms with Gasteiger partial charge in [0.2, 0.25) is 0 Å². The summed E-state index contributed by atoms with van der Waals surface area (Å²) >= 11 is 0. The molecule has 0 spiro atoms. The second-order valence-corrected chi connectivity index (χ2v) is 7.47. The van der Waals surface area contributed by atoms with Gasteiger partial charge in [-0.05, 0) is 64.6 Å².